The fourth-order valence-electron chi connectivity index (χ4n) is 5.79. The summed E-state index contributed by atoms with van der Waals surface area (Å²) in [5.41, 5.74) is 2.58. The normalized spacial score (nSPS) is 41.5. The van der Waals surface area contributed by atoms with Crippen LogP contribution in [0, 0.1) is 17.8 Å². The maximum Gasteiger partial charge on any atom is 0.333 e. The first-order valence-electron chi connectivity index (χ1n) is 14.8. The molecule has 10 atom stereocenters. The van der Waals surface area contributed by atoms with Crippen LogP contribution in [0.5, 0.6) is 0 Å². The van der Waals surface area contributed by atoms with Gasteiger partial charge in [-0.3, -0.25) is 0 Å². The molecule has 40 heavy (non-hydrogen) atoms. The number of carbonyl (C=O) groups excluding carboxylic acids is 1. The summed E-state index contributed by atoms with van der Waals surface area (Å²) in [6, 6.07) is 0. The molecule has 8 nitrogen and oxygen atoms in total. The first-order chi connectivity index (χ1) is 18.8. The van der Waals surface area contributed by atoms with Crippen molar-refractivity contribution in [1.82, 2.24) is 0 Å². The molecule has 2 saturated heterocycles. The van der Waals surface area contributed by atoms with Gasteiger partial charge >= 0.3 is 5.97 Å². The van der Waals surface area contributed by atoms with Gasteiger partial charge in [0.1, 0.15) is 24.9 Å². The molecule has 8 heteroatoms. The van der Waals surface area contributed by atoms with Crippen LogP contribution in [0.4, 0.5) is 0 Å². The van der Waals surface area contributed by atoms with E-state index in [1.54, 1.807) is 13.8 Å². The summed E-state index contributed by atoms with van der Waals surface area (Å²) < 4.78 is 17.0. The van der Waals surface area contributed by atoms with Gasteiger partial charge in [-0.15, -0.1) is 0 Å². The average molecular weight is 563 g/mol. The Morgan fingerprint density at radius 3 is 2.48 bits per heavy atom. The van der Waals surface area contributed by atoms with Crippen molar-refractivity contribution in [2.45, 2.75) is 122 Å². The zero-order chi connectivity index (χ0) is 29.6. The number of hydrogen-bond acceptors (Lipinski definition) is 8. The summed E-state index contributed by atoms with van der Waals surface area (Å²) >= 11 is 0. The molecule has 0 radical (unpaired) electrons. The van der Waals surface area contributed by atoms with Crippen LogP contribution >= 0.6 is 0 Å². The second-order valence-electron chi connectivity index (χ2n) is 12.4. The number of fused-ring (bicyclic) bond motifs is 3. The number of aliphatic hydroxyl groups excluding tert-OH is 3. The Labute approximate surface area is 239 Å². The predicted octanol–water partition coefficient (Wildman–Crippen LogP) is 4.12. The van der Waals surface area contributed by atoms with E-state index < -0.39 is 42.1 Å². The molecule has 3 heterocycles. The van der Waals surface area contributed by atoms with E-state index in [1.165, 1.54) is 0 Å². The molecule has 0 amide bonds. The smallest absolute Gasteiger partial charge is 0.333 e. The number of carbonyl (C=O) groups is 1. The lowest BCUT2D eigenvalue weighted by Gasteiger charge is -2.46. The molecular formula is C32H50O8. The Bertz CT molecular complexity index is 970. The van der Waals surface area contributed by atoms with Gasteiger partial charge in [-0.25, -0.2) is 4.79 Å². The Balaban J connectivity index is 1.73. The maximum atomic E-state index is 12.5. The summed E-state index contributed by atoms with van der Waals surface area (Å²) in [5, 5.41) is 43.6. The standard InChI is InChI=1S/C32H50O8/c1-19-12-20(2)14-28-27(39-28)11-9-7-8-10-21(3)31(36)38-18-26-16-24(6)30(35)32(37,40-26)29(34)17-25(33)15-23(5)22(4)13-19/h9-11,13,20,23-30,33-35,37H,1,7-8,12,14-18H2,2-6H3. The van der Waals surface area contributed by atoms with E-state index in [2.05, 4.69) is 31.7 Å². The van der Waals surface area contributed by atoms with Gasteiger partial charge in [-0.05, 0) is 70.1 Å². The fourth-order valence-corrected chi connectivity index (χ4v) is 5.79. The van der Waals surface area contributed by atoms with Crippen LogP contribution in [-0.2, 0) is 19.0 Å². The lowest BCUT2D eigenvalue weighted by Crippen LogP contribution is -2.62. The van der Waals surface area contributed by atoms with E-state index in [-0.39, 0.29) is 31.2 Å². The minimum absolute atomic E-state index is 0.0132. The molecule has 10 unspecified atom stereocenters. The SMILES string of the molecule is C=C1C=C(C)C(C)CC(O)CC(O)C2(O)OC(COC(=O)C(C)=CCCC=CC3OC3CC(C)C1)CC(C)C2O. The molecule has 0 aromatic rings. The number of esters is 1. The first-order valence-corrected chi connectivity index (χ1v) is 14.8. The number of cyclic esters (lactones) is 1. The van der Waals surface area contributed by atoms with Crippen molar-refractivity contribution in [1.29, 1.82) is 0 Å². The molecule has 3 aliphatic heterocycles. The molecule has 0 aromatic heterocycles. The summed E-state index contributed by atoms with van der Waals surface area (Å²) in [5.74, 6) is -2.76. The highest BCUT2D eigenvalue weighted by atomic mass is 16.7. The van der Waals surface area contributed by atoms with Crippen LogP contribution < -0.4 is 0 Å². The molecule has 3 aliphatic rings. The third-order valence-corrected chi connectivity index (χ3v) is 8.46. The van der Waals surface area contributed by atoms with Gasteiger partial charge in [0, 0.05) is 12.0 Å². The minimum Gasteiger partial charge on any atom is -0.460 e. The highest BCUT2D eigenvalue weighted by molar-refractivity contribution is 5.87. The zero-order valence-electron chi connectivity index (χ0n) is 24.8. The molecule has 0 aromatic carbocycles. The molecule has 0 spiro atoms. The predicted molar refractivity (Wildman–Crippen MR) is 153 cm³/mol. The fraction of sp³-hybridized carbons (Fsp3) is 0.719. The van der Waals surface area contributed by atoms with Gasteiger partial charge in [-0.1, -0.05) is 62.8 Å². The number of epoxide rings is 1. The van der Waals surface area contributed by atoms with Crippen LogP contribution in [0.1, 0.15) is 79.6 Å². The van der Waals surface area contributed by atoms with Crippen LogP contribution in [0.25, 0.3) is 0 Å². The minimum atomic E-state index is -2.29. The van der Waals surface area contributed by atoms with Gasteiger partial charge in [0.25, 0.3) is 0 Å². The monoisotopic (exact) mass is 562 g/mol. The summed E-state index contributed by atoms with van der Waals surface area (Å²) in [6.45, 7) is 13.8. The molecule has 4 N–H and O–H groups in total. The maximum absolute atomic E-state index is 12.5. The Morgan fingerprint density at radius 1 is 1.02 bits per heavy atom. The quantitative estimate of drug-likeness (QED) is 0.197. The summed E-state index contributed by atoms with van der Waals surface area (Å²) in [7, 11) is 0. The summed E-state index contributed by atoms with van der Waals surface area (Å²) in [6.07, 6.45) is 7.70. The van der Waals surface area contributed by atoms with Crippen molar-refractivity contribution in [3.05, 3.63) is 47.6 Å². The second kappa shape index (κ2) is 14.4. The number of allylic oxidation sites excluding steroid dienone is 5. The van der Waals surface area contributed by atoms with Crippen LogP contribution in [0.2, 0.25) is 0 Å². The van der Waals surface area contributed by atoms with Crippen molar-refractivity contribution < 1.29 is 39.4 Å². The van der Waals surface area contributed by atoms with E-state index in [0.717, 1.165) is 30.4 Å². The lowest BCUT2D eigenvalue weighted by atomic mass is 9.83. The molecule has 0 aliphatic carbocycles. The summed E-state index contributed by atoms with van der Waals surface area (Å²) in [4.78, 5) is 12.5. The number of hydrogen-bond donors (Lipinski definition) is 4. The molecule has 226 valence electrons. The van der Waals surface area contributed by atoms with Gasteiger partial charge in [0.2, 0.25) is 5.79 Å². The van der Waals surface area contributed by atoms with Crippen molar-refractivity contribution in [3.63, 3.8) is 0 Å². The van der Waals surface area contributed by atoms with Gasteiger partial charge in [0.15, 0.2) is 0 Å². The Morgan fingerprint density at radius 2 is 1.75 bits per heavy atom. The molecule has 0 saturated carbocycles. The molecule has 3 rings (SSSR count). The van der Waals surface area contributed by atoms with Crippen LogP contribution in [-0.4, -0.2) is 75.4 Å². The van der Waals surface area contributed by atoms with Gasteiger partial charge in [0.05, 0.1) is 18.3 Å². The van der Waals surface area contributed by atoms with Gasteiger partial charge in [-0.2, -0.15) is 0 Å². The Kier molecular flexibility index (Phi) is 11.8. The first kappa shape index (κ1) is 32.7. The van der Waals surface area contributed by atoms with E-state index in [4.69, 9.17) is 14.2 Å². The number of ether oxygens (including phenoxy) is 3. The second-order valence-corrected chi connectivity index (χ2v) is 12.4. The van der Waals surface area contributed by atoms with Crippen molar-refractivity contribution in [2.75, 3.05) is 6.61 Å². The number of aliphatic hydroxyl groups is 4. The molecule has 2 fully saturated rings. The zero-order valence-corrected chi connectivity index (χ0v) is 24.8. The largest absolute Gasteiger partial charge is 0.460 e. The van der Waals surface area contributed by atoms with Crippen molar-refractivity contribution in [3.8, 4) is 0 Å². The van der Waals surface area contributed by atoms with E-state index in [9.17, 15) is 25.2 Å². The lowest BCUT2D eigenvalue weighted by molar-refractivity contribution is -0.352. The van der Waals surface area contributed by atoms with E-state index >= 15 is 0 Å². The van der Waals surface area contributed by atoms with Crippen molar-refractivity contribution >= 4 is 5.97 Å². The third kappa shape index (κ3) is 9.10. The topological polar surface area (TPSA) is 129 Å². The highest BCUT2D eigenvalue weighted by Crippen LogP contribution is 2.36. The average Bonchev–Trinajstić information content (AvgIpc) is 3.61. The van der Waals surface area contributed by atoms with Gasteiger partial charge < -0.3 is 34.6 Å². The third-order valence-electron chi connectivity index (χ3n) is 8.46. The molecular weight excluding hydrogens is 512 g/mol. The molecule has 2 bridgehead atoms. The van der Waals surface area contributed by atoms with Crippen LogP contribution in [0.3, 0.4) is 0 Å². The Hall–Kier alpha value is -1.81. The van der Waals surface area contributed by atoms with E-state index in [1.807, 2.05) is 19.9 Å². The van der Waals surface area contributed by atoms with Crippen LogP contribution in [0.15, 0.2) is 47.6 Å². The highest BCUT2D eigenvalue weighted by Gasteiger charge is 2.52. The van der Waals surface area contributed by atoms with E-state index in [0.29, 0.717) is 30.8 Å². The van der Waals surface area contributed by atoms with Crippen molar-refractivity contribution in [2.24, 2.45) is 17.8 Å². The number of rotatable bonds is 0.